The third-order valence-corrected chi connectivity index (χ3v) is 8.12. The number of rotatable bonds is 6. The lowest BCUT2D eigenvalue weighted by molar-refractivity contribution is 0.102. The number of hydrogen-bond acceptors (Lipinski definition) is 6. The van der Waals surface area contributed by atoms with Crippen LogP contribution in [0.2, 0.25) is 0 Å². The summed E-state index contributed by atoms with van der Waals surface area (Å²) >= 11 is 1.25. The molecule has 0 unspecified atom stereocenters. The van der Waals surface area contributed by atoms with Crippen LogP contribution >= 0.6 is 11.3 Å². The topological polar surface area (TPSA) is 97.4 Å². The zero-order valence-corrected chi connectivity index (χ0v) is 20.1. The number of hydrogen-bond donors (Lipinski definition) is 2. The van der Waals surface area contributed by atoms with E-state index in [-0.39, 0.29) is 10.8 Å². The zero-order chi connectivity index (χ0) is 23.7. The zero-order valence-electron chi connectivity index (χ0n) is 18.5. The van der Waals surface area contributed by atoms with E-state index in [9.17, 15) is 13.2 Å². The molecule has 3 aromatic carbocycles. The number of amides is 1. The van der Waals surface area contributed by atoms with Crippen LogP contribution in [0, 0.1) is 0 Å². The first kappa shape index (κ1) is 22.4. The molecule has 0 spiro atoms. The maximum atomic E-state index is 13.1. The molecule has 0 saturated carbocycles. The highest BCUT2D eigenvalue weighted by Crippen LogP contribution is 2.36. The normalized spacial score (nSPS) is 13.3. The van der Waals surface area contributed by atoms with Crippen molar-refractivity contribution in [1.29, 1.82) is 0 Å². The van der Waals surface area contributed by atoms with Gasteiger partial charge in [-0.1, -0.05) is 35.6 Å². The summed E-state index contributed by atoms with van der Waals surface area (Å²) in [6.07, 6.45) is 4.11. The van der Waals surface area contributed by atoms with Crippen LogP contribution in [0.5, 0.6) is 5.75 Å². The van der Waals surface area contributed by atoms with Gasteiger partial charge in [-0.05, 0) is 67.1 Å². The number of aromatic nitrogens is 1. The number of ether oxygens (including phenoxy) is 1. The van der Waals surface area contributed by atoms with Crippen LogP contribution in [-0.2, 0) is 22.9 Å². The molecule has 1 aliphatic carbocycles. The van der Waals surface area contributed by atoms with Gasteiger partial charge in [0.1, 0.15) is 11.3 Å². The molecule has 0 radical (unpaired) electrons. The second-order valence-electron chi connectivity index (χ2n) is 8.11. The quantitative estimate of drug-likeness (QED) is 0.383. The summed E-state index contributed by atoms with van der Waals surface area (Å²) in [5.74, 6) is 0.143. The number of aryl methyl sites for hydroxylation is 2. The van der Waals surface area contributed by atoms with Gasteiger partial charge >= 0.3 is 0 Å². The predicted molar refractivity (Wildman–Crippen MR) is 134 cm³/mol. The van der Waals surface area contributed by atoms with Gasteiger partial charge in [-0.3, -0.25) is 14.8 Å². The minimum absolute atomic E-state index is 0.243. The van der Waals surface area contributed by atoms with Crippen LogP contribution in [0.15, 0.2) is 65.6 Å². The van der Waals surface area contributed by atoms with Crippen molar-refractivity contribution in [3.63, 3.8) is 0 Å². The maximum absolute atomic E-state index is 13.1. The number of nitrogens with zero attached hydrogens (tertiary/aromatic N) is 1. The fourth-order valence-electron chi connectivity index (χ4n) is 4.12. The highest BCUT2D eigenvalue weighted by Gasteiger charge is 2.20. The van der Waals surface area contributed by atoms with Gasteiger partial charge in [0.15, 0.2) is 5.13 Å². The number of anilines is 2. The summed E-state index contributed by atoms with van der Waals surface area (Å²) in [6, 6.07) is 17.5. The Bertz CT molecular complexity index is 1480. The Morgan fingerprint density at radius 3 is 2.53 bits per heavy atom. The molecule has 0 fully saturated rings. The average molecular weight is 494 g/mol. The van der Waals surface area contributed by atoms with E-state index in [4.69, 9.17) is 4.74 Å². The summed E-state index contributed by atoms with van der Waals surface area (Å²) in [6.45, 7) is 0. The molecule has 0 saturated heterocycles. The lowest BCUT2D eigenvalue weighted by Gasteiger charge is -2.17. The van der Waals surface area contributed by atoms with E-state index in [0.717, 1.165) is 31.2 Å². The van der Waals surface area contributed by atoms with Crippen molar-refractivity contribution in [3.05, 3.63) is 77.4 Å². The van der Waals surface area contributed by atoms with Gasteiger partial charge in [-0.2, -0.15) is 0 Å². The van der Waals surface area contributed by atoms with Gasteiger partial charge < -0.3 is 4.74 Å². The van der Waals surface area contributed by atoms with Crippen LogP contribution in [0.25, 0.3) is 10.2 Å². The third kappa shape index (κ3) is 4.49. The fourth-order valence-corrected chi connectivity index (χ4v) is 6.13. The van der Waals surface area contributed by atoms with Crippen molar-refractivity contribution in [1.82, 2.24) is 4.98 Å². The number of benzene rings is 3. The third-order valence-electron chi connectivity index (χ3n) is 5.82. The highest BCUT2D eigenvalue weighted by atomic mass is 32.2. The van der Waals surface area contributed by atoms with Gasteiger partial charge in [0.25, 0.3) is 15.9 Å². The second-order valence-corrected chi connectivity index (χ2v) is 10.8. The molecular weight excluding hydrogens is 470 g/mol. The molecule has 1 heterocycles. The van der Waals surface area contributed by atoms with Crippen molar-refractivity contribution >= 4 is 48.3 Å². The second kappa shape index (κ2) is 9.08. The Balaban J connectivity index is 1.43. The van der Waals surface area contributed by atoms with Crippen LogP contribution in [0.1, 0.15) is 34.3 Å². The largest absolute Gasteiger partial charge is 0.494 e. The van der Waals surface area contributed by atoms with Gasteiger partial charge in [-0.25, -0.2) is 13.4 Å². The van der Waals surface area contributed by atoms with E-state index >= 15 is 0 Å². The first-order valence-corrected chi connectivity index (χ1v) is 13.2. The minimum atomic E-state index is -3.78. The number of carbonyl (C=O) groups excluding carboxylic acids is 1. The molecule has 0 atom stereocenters. The van der Waals surface area contributed by atoms with Crippen molar-refractivity contribution in [2.75, 3.05) is 17.1 Å². The standard InChI is InChI=1S/C25H23N3O4S2/c1-32-21-14-19(28-34(30,31)20-12-11-16-7-5-6-10-18(16)13-20)15-22-23(21)26-25(33-22)27-24(29)17-8-3-2-4-9-17/h2-4,8-9,11-15,28H,5-7,10H2,1H3,(H,26,27,29). The molecule has 1 aromatic heterocycles. The Morgan fingerprint density at radius 1 is 1.00 bits per heavy atom. The number of carbonyl (C=O) groups is 1. The van der Waals surface area contributed by atoms with Gasteiger partial charge in [0, 0.05) is 11.6 Å². The first-order valence-electron chi connectivity index (χ1n) is 10.9. The summed E-state index contributed by atoms with van der Waals surface area (Å²) in [5, 5.41) is 3.20. The van der Waals surface area contributed by atoms with Gasteiger partial charge in [0.2, 0.25) is 0 Å². The molecular formula is C25H23N3O4S2. The lowest BCUT2D eigenvalue weighted by atomic mass is 9.92. The number of methoxy groups -OCH3 is 1. The SMILES string of the molecule is COc1cc(NS(=O)(=O)c2ccc3c(c2)CCCC3)cc2sc(NC(=O)c3ccccc3)nc12. The van der Waals surface area contributed by atoms with E-state index in [1.54, 1.807) is 48.5 Å². The van der Waals surface area contributed by atoms with Crippen LogP contribution in [0.4, 0.5) is 10.8 Å². The predicted octanol–water partition coefficient (Wildman–Crippen LogP) is 5.24. The van der Waals surface area contributed by atoms with E-state index < -0.39 is 10.0 Å². The van der Waals surface area contributed by atoms with Crippen LogP contribution in [0.3, 0.4) is 0 Å². The fraction of sp³-hybridized carbons (Fsp3) is 0.200. The van der Waals surface area contributed by atoms with E-state index in [2.05, 4.69) is 15.0 Å². The Hall–Kier alpha value is -3.43. The molecule has 0 bridgehead atoms. The van der Waals surface area contributed by atoms with Crippen molar-refractivity contribution in [2.45, 2.75) is 30.6 Å². The van der Waals surface area contributed by atoms with Crippen molar-refractivity contribution in [3.8, 4) is 5.75 Å². The maximum Gasteiger partial charge on any atom is 0.261 e. The molecule has 2 N–H and O–H groups in total. The smallest absolute Gasteiger partial charge is 0.261 e. The number of thiazole rings is 1. The van der Waals surface area contributed by atoms with E-state index in [1.165, 1.54) is 24.0 Å². The van der Waals surface area contributed by atoms with Crippen molar-refractivity contribution in [2.24, 2.45) is 0 Å². The lowest BCUT2D eigenvalue weighted by Crippen LogP contribution is -2.14. The minimum Gasteiger partial charge on any atom is -0.494 e. The molecule has 1 amide bonds. The van der Waals surface area contributed by atoms with E-state index in [1.807, 2.05) is 12.1 Å². The molecule has 9 heteroatoms. The average Bonchev–Trinajstić information content (AvgIpc) is 3.25. The monoisotopic (exact) mass is 493 g/mol. The highest BCUT2D eigenvalue weighted by molar-refractivity contribution is 7.92. The molecule has 0 aliphatic heterocycles. The summed E-state index contributed by atoms with van der Waals surface area (Å²) < 4.78 is 35.0. The van der Waals surface area contributed by atoms with E-state index in [0.29, 0.717) is 32.3 Å². The van der Waals surface area contributed by atoms with Crippen molar-refractivity contribution < 1.29 is 17.9 Å². The summed E-state index contributed by atoms with van der Waals surface area (Å²) in [4.78, 5) is 17.2. The molecule has 34 heavy (non-hydrogen) atoms. The number of fused-ring (bicyclic) bond motifs is 2. The molecule has 1 aliphatic rings. The van der Waals surface area contributed by atoms with Crippen LogP contribution in [-0.4, -0.2) is 26.4 Å². The molecule has 4 aromatic rings. The van der Waals surface area contributed by atoms with Gasteiger partial charge in [-0.15, -0.1) is 0 Å². The Kier molecular flexibility index (Phi) is 5.97. The van der Waals surface area contributed by atoms with Crippen LogP contribution < -0.4 is 14.8 Å². The first-order chi connectivity index (χ1) is 16.4. The number of nitrogens with one attached hydrogen (secondary N) is 2. The summed E-state index contributed by atoms with van der Waals surface area (Å²) in [5.41, 5.74) is 3.76. The molecule has 174 valence electrons. The molecule has 7 nitrogen and oxygen atoms in total. The Morgan fingerprint density at radius 2 is 1.76 bits per heavy atom. The molecule has 5 rings (SSSR count). The number of sulfonamides is 1. The van der Waals surface area contributed by atoms with Gasteiger partial charge in [0.05, 0.1) is 22.4 Å². The summed E-state index contributed by atoms with van der Waals surface area (Å²) in [7, 11) is -2.28. The Labute approximate surface area is 201 Å².